The van der Waals surface area contributed by atoms with Crippen LogP contribution in [-0.2, 0) is 27.4 Å². The van der Waals surface area contributed by atoms with Gasteiger partial charge in [0.05, 0.1) is 5.56 Å². The number of carbonyl (C=O) groups is 4. The Morgan fingerprint density at radius 1 is 1.22 bits per heavy atom. The van der Waals surface area contributed by atoms with Gasteiger partial charge in [0, 0.05) is 42.5 Å². The molecular weight excluding hydrogens is 474 g/mol. The average Bonchev–Trinajstić information content (AvgIpc) is 3.13. The van der Waals surface area contributed by atoms with Crippen LogP contribution >= 0.6 is 0 Å². The zero-order valence-electron chi connectivity index (χ0n) is 19.5. The van der Waals surface area contributed by atoms with E-state index in [2.05, 4.69) is 15.6 Å². The van der Waals surface area contributed by atoms with Crippen LogP contribution in [0, 0.1) is 18.6 Å². The fourth-order valence-corrected chi connectivity index (χ4v) is 5.08. The molecule has 2 fully saturated rings. The number of amides is 4. The lowest BCUT2D eigenvalue weighted by molar-refractivity contribution is -0.136. The SMILES string of the molecule is Cc1nccc(F)c1C1CC(OC(=O)NCc2ccc3c(c2F)C(=O)N([C@H]2CCC(=O)NC2=O)C3)C1. The van der Waals surface area contributed by atoms with Crippen molar-refractivity contribution in [3.8, 4) is 0 Å². The van der Waals surface area contributed by atoms with Crippen molar-refractivity contribution in [2.45, 2.75) is 63.8 Å². The first-order valence-electron chi connectivity index (χ1n) is 11.7. The minimum atomic E-state index is -0.839. The molecule has 1 atom stereocenters. The van der Waals surface area contributed by atoms with E-state index in [9.17, 15) is 23.6 Å². The minimum absolute atomic E-state index is 0.0625. The van der Waals surface area contributed by atoms with Crippen molar-refractivity contribution >= 4 is 23.8 Å². The van der Waals surface area contributed by atoms with Gasteiger partial charge < -0.3 is 15.0 Å². The number of nitrogens with zero attached hydrogens (tertiary/aromatic N) is 2. The molecule has 188 valence electrons. The van der Waals surface area contributed by atoms with Crippen LogP contribution in [0.1, 0.15) is 64.3 Å². The van der Waals surface area contributed by atoms with E-state index in [1.807, 2.05) is 0 Å². The highest BCUT2D eigenvalue weighted by molar-refractivity contribution is 6.05. The fraction of sp³-hybridized carbons (Fsp3) is 0.400. The summed E-state index contributed by atoms with van der Waals surface area (Å²) in [6.45, 7) is 1.60. The third-order valence-electron chi connectivity index (χ3n) is 7.05. The number of piperidine rings is 1. The van der Waals surface area contributed by atoms with E-state index >= 15 is 4.39 Å². The van der Waals surface area contributed by atoms with E-state index in [1.54, 1.807) is 13.0 Å². The summed E-state index contributed by atoms with van der Waals surface area (Å²) in [5, 5.41) is 4.70. The molecule has 1 aromatic carbocycles. The van der Waals surface area contributed by atoms with E-state index in [4.69, 9.17) is 4.74 Å². The zero-order chi connectivity index (χ0) is 25.6. The van der Waals surface area contributed by atoms with Crippen molar-refractivity contribution in [3.63, 3.8) is 0 Å². The number of imide groups is 1. The molecule has 3 heterocycles. The number of pyridine rings is 1. The molecule has 0 spiro atoms. The highest BCUT2D eigenvalue weighted by Crippen LogP contribution is 2.40. The van der Waals surface area contributed by atoms with Crippen LogP contribution in [0.2, 0.25) is 0 Å². The van der Waals surface area contributed by atoms with Crippen molar-refractivity contribution < 1.29 is 32.7 Å². The molecule has 0 unspecified atom stereocenters. The highest BCUT2D eigenvalue weighted by Gasteiger charge is 2.41. The lowest BCUT2D eigenvalue weighted by Crippen LogP contribution is -2.52. The summed E-state index contributed by atoms with van der Waals surface area (Å²) >= 11 is 0. The number of nitrogens with one attached hydrogen (secondary N) is 2. The number of alkyl carbamates (subject to hydrolysis) is 1. The maximum absolute atomic E-state index is 15.2. The quantitative estimate of drug-likeness (QED) is 0.612. The summed E-state index contributed by atoms with van der Waals surface area (Å²) in [4.78, 5) is 54.1. The molecule has 4 amide bonds. The number of hydrogen-bond donors (Lipinski definition) is 2. The summed E-state index contributed by atoms with van der Waals surface area (Å²) < 4.78 is 34.6. The average molecular weight is 498 g/mol. The summed E-state index contributed by atoms with van der Waals surface area (Å²) in [6.07, 6.45) is 1.51. The molecule has 1 aromatic heterocycles. The number of hydrogen-bond acceptors (Lipinski definition) is 6. The molecule has 2 aliphatic heterocycles. The third-order valence-corrected chi connectivity index (χ3v) is 7.05. The number of ether oxygens (including phenoxy) is 1. The van der Waals surface area contributed by atoms with Gasteiger partial charge >= 0.3 is 6.09 Å². The largest absolute Gasteiger partial charge is 0.446 e. The molecule has 3 aliphatic rings. The number of fused-ring (bicyclic) bond motifs is 1. The van der Waals surface area contributed by atoms with Gasteiger partial charge in [0.2, 0.25) is 11.8 Å². The van der Waals surface area contributed by atoms with Crippen molar-refractivity contribution in [2.75, 3.05) is 0 Å². The molecule has 1 saturated carbocycles. The molecule has 0 radical (unpaired) electrons. The topological polar surface area (TPSA) is 118 Å². The van der Waals surface area contributed by atoms with Gasteiger partial charge in [-0.25, -0.2) is 13.6 Å². The number of aryl methyl sites for hydroxylation is 1. The molecule has 0 bridgehead atoms. The number of carbonyl (C=O) groups excluding carboxylic acids is 4. The third kappa shape index (κ3) is 4.29. The van der Waals surface area contributed by atoms with Crippen LogP contribution in [0.15, 0.2) is 24.4 Å². The van der Waals surface area contributed by atoms with Crippen molar-refractivity contribution in [2.24, 2.45) is 0 Å². The Labute approximate surface area is 205 Å². The van der Waals surface area contributed by atoms with Gasteiger partial charge in [0.1, 0.15) is 23.8 Å². The number of aromatic nitrogens is 1. The molecule has 36 heavy (non-hydrogen) atoms. The maximum Gasteiger partial charge on any atom is 0.407 e. The lowest BCUT2D eigenvalue weighted by atomic mass is 9.77. The predicted octanol–water partition coefficient (Wildman–Crippen LogP) is 2.60. The van der Waals surface area contributed by atoms with Gasteiger partial charge in [0.25, 0.3) is 5.91 Å². The number of halogens is 2. The van der Waals surface area contributed by atoms with Crippen molar-refractivity contribution in [3.05, 3.63) is 64.0 Å². The summed E-state index contributed by atoms with van der Waals surface area (Å²) in [5.74, 6) is -2.77. The molecular formula is C25H24F2N4O5. The normalized spacial score (nSPS) is 23.1. The number of benzene rings is 1. The zero-order valence-corrected chi connectivity index (χ0v) is 19.5. The molecule has 9 nitrogen and oxygen atoms in total. The minimum Gasteiger partial charge on any atom is -0.446 e. The predicted molar refractivity (Wildman–Crippen MR) is 120 cm³/mol. The molecule has 2 aromatic rings. The van der Waals surface area contributed by atoms with Crippen LogP contribution < -0.4 is 10.6 Å². The van der Waals surface area contributed by atoms with Crippen LogP contribution in [0.25, 0.3) is 0 Å². The Hall–Kier alpha value is -3.89. The van der Waals surface area contributed by atoms with Crippen molar-refractivity contribution in [1.29, 1.82) is 0 Å². The lowest BCUT2D eigenvalue weighted by Gasteiger charge is -2.35. The van der Waals surface area contributed by atoms with E-state index in [0.29, 0.717) is 29.7 Å². The van der Waals surface area contributed by atoms with E-state index < -0.39 is 35.7 Å². The molecule has 5 rings (SSSR count). The summed E-state index contributed by atoms with van der Waals surface area (Å²) in [7, 11) is 0. The van der Waals surface area contributed by atoms with E-state index in [-0.39, 0.29) is 54.9 Å². The van der Waals surface area contributed by atoms with E-state index in [1.165, 1.54) is 23.2 Å². The highest BCUT2D eigenvalue weighted by atomic mass is 19.1. The fourth-order valence-electron chi connectivity index (χ4n) is 5.08. The monoisotopic (exact) mass is 498 g/mol. The Morgan fingerprint density at radius 3 is 2.72 bits per heavy atom. The summed E-state index contributed by atoms with van der Waals surface area (Å²) in [5.41, 5.74) is 1.55. The van der Waals surface area contributed by atoms with Gasteiger partial charge in [-0.15, -0.1) is 0 Å². The van der Waals surface area contributed by atoms with E-state index in [0.717, 1.165) is 0 Å². The molecule has 11 heteroatoms. The standard InChI is InChI=1S/C25H24F2N4O5/c1-12-20(17(26)6-7-28-12)15-8-16(9-15)36-25(35)29-10-13-2-3-14-11-31(24(34)21(14)22(13)27)18-4-5-19(32)30-23(18)33/h2-3,6-7,15-16,18H,4-5,8-11H2,1H3,(H,29,35)(H,30,32,33)/t15?,16?,18-/m0/s1. The second-order valence-corrected chi connectivity index (χ2v) is 9.31. The molecule has 1 aliphatic carbocycles. The van der Waals surface area contributed by atoms with Crippen LogP contribution in [0.5, 0.6) is 0 Å². The molecule has 1 saturated heterocycles. The van der Waals surface area contributed by atoms with Crippen LogP contribution in [0.3, 0.4) is 0 Å². The van der Waals surface area contributed by atoms with Crippen molar-refractivity contribution in [1.82, 2.24) is 20.5 Å². The Balaban J connectivity index is 1.17. The first-order valence-corrected chi connectivity index (χ1v) is 11.7. The van der Waals surface area contributed by atoms with Gasteiger partial charge in [-0.2, -0.15) is 0 Å². The van der Waals surface area contributed by atoms with Gasteiger partial charge in [0.15, 0.2) is 0 Å². The molecule has 2 N–H and O–H groups in total. The van der Waals surface area contributed by atoms with Crippen LogP contribution in [-0.4, -0.2) is 45.8 Å². The maximum atomic E-state index is 15.2. The Bertz CT molecular complexity index is 1260. The van der Waals surface area contributed by atoms with Gasteiger partial charge in [-0.1, -0.05) is 12.1 Å². The van der Waals surface area contributed by atoms with Crippen LogP contribution in [0.4, 0.5) is 13.6 Å². The van der Waals surface area contributed by atoms with Gasteiger partial charge in [-0.05, 0) is 43.7 Å². The first kappa shape index (κ1) is 23.8. The second kappa shape index (κ2) is 9.29. The smallest absolute Gasteiger partial charge is 0.407 e. The Morgan fingerprint density at radius 2 is 2.00 bits per heavy atom. The first-order chi connectivity index (χ1) is 17.2. The number of rotatable bonds is 5. The Kier molecular flexibility index (Phi) is 6.15. The summed E-state index contributed by atoms with van der Waals surface area (Å²) in [6, 6.07) is 3.53. The van der Waals surface area contributed by atoms with Gasteiger partial charge in [-0.3, -0.25) is 24.7 Å². The second-order valence-electron chi connectivity index (χ2n) is 9.31.